The highest BCUT2D eigenvalue weighted by Crippen LogP contribution is 2.60. The molecule has 0 aliphatic heterocycles. The Labute approximate surface area is 197 Å². The molecule has 3 saturated carbocycles. The molecule has 0 bridgehead atoms. The molecule has 7 atom stereocenters. The van der Waals surface area contributed by atoms with Crippen molar-refractivity contribution in [1.29, 1.82) is 0 Å². The van der Waals surface area contributed by atoms with Crippen molar-refractivity contribution in [3.05, 3.63) is 39.9 Å². The lowest BCUT2D eigenvalue weighted by molar-refractivity contribution is 0.0609. The standard InChI is InChI=1S/C27H41NO3S/c1-18(5-3-7-25(31)26-28-13-14-32-26)23-10-11-24-20(6-4-12-27(23,24)2)9-8-19-15-21(29)17-22(30)16-19/h8-9,13-14,18,21-25,29-31H,3-7,10-12,15-17H2,1-2H3/b20-9+/t18-,21+,22+,23+,24-,25+,27+/m0/s1. The predicted molar refractivity (Wildman–Crippen MR) is 130 cm³/mol. The Kier molecular flexibility index (Phi) is 7.92. The first-order valence-electron chi connectivity index (χ1n) is 12.7. The van der Waals surface area contributed by atoms with Crippen molar-refractivity contribution in [3.8, 4) is 0 Å². The minimum absolute atomic E-state index is 0.377. The van der Waals surface area contributed by atoms with Crippen LogP contribution >= 0.6 is 11.3 Å². The molecule has 1 heterocycles. The maximum absolute atomic E-state index is 10.4. The van der Waals surface area contributed by atoms with E-state index in [0.29, 0.717) is 36.5 Å². The first-order chi connectivity index (χ1) is 15.4. The molecule has 1 aromatic rings. The fourth-order valence-electron chi connectivity index (χ4n) is 7.10. The molecule has 4 rings (SSSR count). The zero-order valence-corrected chi connectivity index (χ0v) is 20.6. The van der Waals surface area contributed by atoms with Gasteiger partial charge in [-0.2, -0.15) is 0 Å². The number of hydrogen-bond acceptors (Lipinski definition) is 5. The number of aliphatic hydroxyl groups excluding tert-OH is 3. The lowest BCUT2D eigenvalue weighted by Gasteiger charge is -2.44. The van der Waals surface area contributed by atoms with E-state index in [0.717, 1.165) is 23.8 Å². The van der Waals surface area contributed by atoms with Crippen LogP contribution in [0.1, 0.15) is 95.6 Å². The van der Waals surface area contributed by atoms with Crippen molar-refractivity contribution in [2.75, 3.05) is 0 Å². The van der Waals surface area contributed by atoms with Crippen LogP contribution in [0, 0.1) is 23.2 Å². The van der Waals surface area contributed by atoms with Gasteiger partial charge >= 0.3 is 0 Å². The number of rotatable bonds is 7. The van der Waals surface area contributed by atoms with Crippen LogP contribution < -0.4 is 0 Å². The molecular weight excluding hydrogens is 418 g/mol. The maximum Gasteiger partial charge on any atom is 0.121 e. The second-order valence-electron chi connectivity index (χ2n) is 10.9. The van der Waals surface area contributed by atoms with E-state index in [1.54, 1.807) is 23.1 Å². The van der Waals surface area contributed by atoms with Gasteiger partial charge in [0.25, 0.3) is 0 Å². The smallest absolute Gasteiger partial charge is 0.121 e. The molecule has 3 N–H and O–H groups in total. The number of thiazole rings is 1. The highest BCUT2D eigenvalue weighted by atomic mass is 32.1. The van der Waals surface area contributed by atoms with Gasteiger partial charge in [0, 0.05) is 11.6 Å². The third-order valence-corrected chi connectivity index (χ3v) is 9.55. The molecule has 1 aromatic heterocycles. The van der Waals surface area contributed by atoms with Gasteiger partial charge in [-0.3, -0.25) is 0 Å². The molecule has 0 saturated heterocycles. The summed E-state index contributed by atoms with van der Waals surface area (Å²) in [6.07, 6.45) is 16.4. The second-order valence-corrected chi connectivity index (χ2v) is 11.8. The van der Waals surface area contributed by atoms with Crippen molar-refractivity contribution in [2.45, 2.75) is 103 Å². The Bertz CT molecular complexity index is 792. The summed E-state index contributed by atoms with van der Waals surface area (Å²) in [5.74, 6) is 2.09. The van der Waals surface area contributed by atoms with E-state index in [9.17, 15) is 15.3 Å². The van der Waals surface area contributed by atoms with Gasteiger partial charge in [-0.25, -0.2) is 4.98 Å². The van der Waals surface area contributed by atoms with Gasteiger partial charge in [-0.1, -0.05) is 50.0 Å². The topological polar surface area (TPSA) is 73.6 Å². The van der Waals surface area contributed by atoms with E-state index in [4.69, 9.17) is 0 Å². The van der Waals surface area contributed by atoms with Gasteiger partial charge in [0.15, 0.2) is 0 Å². The first kappa shape index (κ1) is 24.1. The van der Waals surface area contributed by atoms with Crippen LogP contribution in [0.25, 0.3) is 0 Å². The SMILES string of the molecule is C[C@@H](CCC[C@@H](O)c1nccs1)[C@H]1CC[C@H]2/C(=C/C=C3C[C@@H](O)C[C@H](O)C3)CCC[C@]12C. The molecule has 0 spiro atoms. The van der Waals surface area contributed by atoms with Gasteiger partial charge in [0.05, 0.1) is 12.2 Å². The average molecular weight is 460 g/mol. The third kappa shape index (κ3) is 5.38. The highest BCUT2D eigenvalue weighted by molar-refractivity contribution is 7.09. The Morgan fingerprint density at radius 3 is 2.69 bits per heavy atom. The summed E-state index contributed by atoms with van der Waals surface area (Å²) in [5, 5.41) is 33.1. The Balaban J connectivity index is 1.36. The summed E-state index contributed by atoms with van der Waals surface area (Å²) >= 11 is 1.54. The van der Waals surface area contributed by atoms with E-state index >= 15 is 0 Å². The highest BCUT2D eigenvalue weighted by Gasteiger charge is 2.50. The quantitative estimate of drug-likeness (QED) is 0.470. The average Bonchev–Trinajstić information content (AvgIpc) is 3.39. The molecule has 3 aliphatic rings. The van der Waals surface area contributed by atoms with E-state index < -0.39 is 18.3 Å². The Morgan fingerprint density at radius 2 is 1.97 bits per heavy atom. The van der Waals surface area contributed by atoms with Crippen LogP contribution in [0.4, 0.5) is 0 Å². The second kappa shape index (κ2) is 10.5. The van der Waals surface area contributed by atoms with Crippen LogP contribution in [0.3, 0.4) is 0 Å². The van der Waals surface area contributed by atoms with Gasteiger partial charge < -0.3 is 15.3 Å². The molecule has 3 aliphatic carbocycles. The van der Waals surface area contributed by atoms with E-state index in [2.05, 4.69) is 31.0 Å². The van der Waals surface area contributed by atoms with E-state index in [1.807, 2.05) is 5.38 Å². The molecule has 0 unspecified atom stereocenters. The number of nitrogens with zero attached hydrogens (tertiary/aromatic N) is 1. The predicted octanol–water partition coefficient (Wildman–Crippen LogP) is 5.96. The number of hydrogen-bond donors (Lipinski definition) is 3. The van der Waals surface area contributed by atoms with Crippen LogP contribution in [0.15, 0.2) is 34.9 Å². The molecular formula is C27H41NO3S. The van der Waals surface area contributed by atoms with Gasteiger partial charge in [-0.05, 0) is 81.0 Å². The van der Waals surface area contributed by atoms with Crippen molar-refractivity contribution < 1.29 is 15.3 Å². The Morgan fingerprint density at radius 1 is 1.19 bits per heavy atom. The molecule has 32 heavy (non-hydrogen) atoms. The first-order valence-corrected chi connectivity index (χ1v) is 13.6. The normalized spacial score (nSPS) is 36.2. The summed E-state index contributed by atoms with van der Waals surface area (Å²) in [7, 11) is 0. The van der Waals surface area contributed by atoms with E-state index in [1.165, 1.54) is 44.1 Å². The minimum atomic E-state index is -0.414. The summed E-state index contributed by atoms with van der Waals surface area (Å²) in [6.45, 7) is 4.96. The maximum atomic E-state index is 10.4. The van der Waals surface area contributed by atoms with Crippen molar-refractivity contribution in [1.82, 2.24) is 4.98 Å². The molecule has 178 valence electrons. The molecule has 0 radical (unpaired) electrons. The number of aromatic nitrogens is 1. The molecule has 0 aromatic carbocycles. The monoisotopic (exact) mass is 459 g/mol. The zero-order chi connectivity index (χ0) is 22.7. The summed E-state index contributed by atoms with van der Waals surface area (Å²) in [4.78, 5) is 4.25. The molecule has 0 amide bonds. The molecule has 4 nitrogen and oxygen atoms in total. The fourth-order valence-corrected chi connectivity index (χ4v) is 7.76. The van der Waals surface area contributed by atoms with Gasteiger partial charge in [0.2, 0.25) is 0 Å². The Hall–Kier alpha value is -1.01. The number of fused-ring (bicyclic) bond motifs is 1. The van der Waals surface area contributed by atoms with Crippen molar-refractivity contribution in [2.24, 2.45) is 23.2 Å². The largest absolute Gasteiger partial charge is 0.393 e. The van der Waals surface area contributed by atoms with Crippen molar-refractivity contribution in [3.63, 3.8) is 0 Å². The number of allylic oxidation sites excluding steroid dienone is 3. The molecule has 3 fully saturated rings. The van der Waals surface area contributed by atoms with Crippen LogP contribution in [0.5, 0.6) is 0 Å². The number of aliphatic hydroxyl groups is 3. The summed E-state index contributed by atoms with van der Waals surface area (Å²) in [6, 6.07) is 0. The lowest BCUT2D eigenvalue weighted by atomic mass is 9.60. The van der Waals surface area contributed by atoms with Crippen molar-refractivity contribution >= 4 is 11.3 Å². The minimum Gasteiger partial charge on any atom is -0.393 e. The lowest BCUT2D eigenvalue weighted by Crippen LogP contribution is -2.36. The fraction of sp³-hybridized carbons (Fsp3) is 0.741. The third-order valence-electron chi connectivity index (χ3n) is 8.67. The zero-order valence-electron chi connectivity index (χ0n) is 19.7. The van der Waals surface area contributed by atoms with Gasteiger partial charge in [0.1, 0.15) is 11.1 Å². The molecule has 5 heteroatoms. The van der Waals surface area contributed by atoms with Crippen LogP contribution in [-0.2, 0) is 0 Å². The van der Waals surface area contributed by atoms with E-state index in [-0.39, 0.29) is 0 Å². The summed E-state index contributed by atoms with van der Waals surface area (Å²) in [5.41, 5.74) is 3.16. The van der Waals surface area contributed by atoms with Gasteiger partial charge in [-0.15, -0.1) is 11.3 Å². The van der Waals surface area contributed by atoms with Crippen LogP contribution in [-0.4, -0.2) is 32.5 Å². The summed E-state index contributed by atoms with van der Waals surface area (Å²) < 4.78 is 0. The van der Waals surface area contributed by atoms with Crippen LogP contribution in [0.2, 0.25) is 0 Å².